The Morgan fingerprint density at radius 1 is 1.11 bits per heavy atom. The van der Waals surface area contributed by atoms with Crippen molar-refractivity contribution in [1.29, 1.82) is 0 Å². The summed E-state index contributed by atoms with van der Waals surface area (Å²) in [6, 6.07) is 12.0. The predicted octanol–water partition coefficient (Wildman–Crippen LogP) is 3.59. The van der Waals surface area contributed by atoms with Gasteiger partial charge in [0.1, 0.15) is 0 Å². The largest absolute Gasteiger partial charge is 0.347 e. The standard InChI is InChI=1S/C22H30N4O/c1-22(2,3)21(27)25-20(19-9-5-7-13-24-19)17-10-14-26(15-11-17)16-18-8-4-6-12-23-18/h4-9,12-13,17,20H,10-11,14-16H2,1-3H3,(H,25,27)/t20-/m0/s1. The second kappa shape index (κ2) is 8.61. The fraction of sp³-hybridized carbons (Fsp3) is 0.500. The van der Waals surface area contributed by atoms with E-state index in [0.29, 0.717) is 5.92 Å². The minimum absolute atomic E-state index is 0.0325. The molecule has 0 radical (unpaired) electrons. The summed E-state index contributed by atoms with van der Waals surface area (Å²) in [7, 11) is 0. The molecule has 27 heavy (non-hydrogen) atoms. The van der Waals surface area contributed by atoms with Gasteiger partial charge in [-0.1, -0.05) is 32.9 Å². The topological polar surface area (TPSA) is 58.1 Å². The Morgan fingerprint density at radius 2 is 1.78 bits per heavy atom. The molecule has 3 rings (SSSR count). The van der Waals surface area contributed by atoms with E-state index in [1.165, 1.54) is 0 Å². The number of nitrogens with one attached hydrogen (secondary N) is 1. The Labute approximate surface area is 162 Å². The summed E-state index contributed by atoms with van der Waals surface area (Å²) >= 11 is 0. The maximum Gasteiger partial charge on any atom is 0.225 e. The lowest BCUT2D eigenvalue weighted by Crippen LogP contribution is -2.44. The van der Waals surface area contributed by atoms with Gasteiger partial charge in [-0.15, -0.1) is 0 Å². The highest BCUT2D eigenvalue weighted by Gasteiger charge is 2.32. The fourth-order valence-electron chi connectivity index (χ4n) is 3.52. The van der Waals surface area contributed by atoms with Crippen LogP contribution in [0, 0.1) is 11.3 Å². The maximum absolute atomic E-state index is 12.6. The first-order chi connectivity index (χ1) is 12.9. The van der Waals surface area contributed by atoms with Crippen LogP contribution in [0.2, 0.25) is 0 Å². The average molecular weight is 367 g/mol. The Kier molecular flexibility index (Phi) is 6.22. The summed E-state index contributed by atoms with van der Waals surface area (Å²) in [6.07, 6.45) is 5.74. The molecule has 0 saturated carbocycles. The second-order valence-electron chi connectivity index (χ2n) is 8.39. The lowest BCUT2D eigenvalue weighted by atomic mass is 9.86. The van der Waals surface area contributed by atoms with E-state index in [2.05, 4.69) is 26.3 Å². The molecular weight excluding hydrogens is 336 g/mol. The molecule has 1 fully saturated rings. The number of aromatic nitrogens is 2. The number of piperidine rings is 1. The Morgan fingerprint density at radius 3 is 2.33 bits per heavy atom. The number of likely N-dealkylation sites (tertiary alicyclic amines) is 1. The van der Waals surface area contributed by atoms with Crippen LogP contribution >= 0.6 is 0 Å². The minimum Gasteiger partial charge on any atom is -0.347 e. The van der Waals surface area contributed by atoms with E-state index in [1.807, 2.05) is 63.5 Å². The molecule has 1 N–H and O–H groups in total. The van der Waals surface area contributed by atoms with Crippen molar-refractivity contribution >= 4 is 5.91 Å². The highest BCUT2D eigenvalue weighted by Crippen LogP contribution is 2.31. The van der Waals surface area contributed by atoms with Gasteiger partial charge in [0.25, 0.3) is 0 Å². The number of hydrogen-bond donors (Lipinski definition) is 1. The van der Waals surface area contributed by atoms with E-state index in [9.17, 15) is 4.79 Å². The van der Waals surface area contributed by atoms with Crippen LogP contribution in [0.1, 0.15) is 51.0 Å². The van der Waals surface area contributed by atoms with Crippen molar-refractivity contribution in [2.24, 2.45) is 11.3 Å². The van der Waals surface area contributed by atoms with Crippen LogP contribution in [-0.2, 0) is 11.3 Å². The molecule has 2 aromatic rings. The van der Waals surface area contributed by atoms with Gasteiger partial charge >= 0.3 is 0 Å². The van der Waals surface area contributed by atoms with Crippen molar-refractivity contribution < 1.29 is 4.79 Å². The van der Waals surface area contributed by atoms with E-state index >= 15 is 0 Å². The summed E-state index contributed by atoms with van der Waals surface area (Å²) in [5.41, 5.74) is 1.66. The second-order valence-corrected chi connectivity index (χ2v) is 8.39. The van der Waals surface area contributed by atoms with Gasteiger partial charge in [0.2, 0.25) is 5.91 Å². The van der Waals surface area contributed by atoms with Gasteiger partial charge in [-0.25, -0.2) is 0 Å². The summed E-state index contributed by atoms with van der Waals surface area (Å²) in [5, 5.41) is 3.28. The molecule has 2 aromatic heterocycles. The molecule has 0 bridgehead atoms. The number of carbonyl (C=O) groups is 1. The van der Waals surface area contributed by atoms with E-state index in [1.54, 1.807) is 0 Å². The number of hydrogen-bond acceptors (Lipinski definition) is 4. The Bertz CT molecular complexity index is 719. The zero-order chi connectivity index (χ0) is 19.3. The van der Waals surface area contributed by atoms with Crippen LogP contribution in [-0.4, -0.2) is 33.9 Å². The van der Waals surface area contributed by atoms with Gasteiger partial charge < -0.3 is 5.32 Å². The third-order valence-electron chi connectivity index (χ3n) is 5.19. The normalized spacial score (nSPS) is 17.4. The third-order valence-corrected chi connectivity index (χ3v) is 5.19. The number of carbonyl (C=O) groups excluding carboxylic acids is 1. The van der Waals surface area contributed by atoms with E-state index in [0.717, 1.165) is 43.9 Å². The molecule has 1 amide bonds. The summed E-state index contributed by atoms with van der Waals surface area (Å²) < 4.78 is 0. The van der Waals surface area contributed by atoms with Crippen molar-refractivity contribution in [3.8, 4) is 0 Å². The monoisotopic (exact) mass is 366 g/mol. The summed E-state index contributed by atoms with van der Waals surface area (Å²) in [4.78, 5) is 24.1. The maximum atomic E-state index is 12.6. The molecule has 1 aliphatic heterocycles. The first-order valence-electron chi connectivity index (χ1n) is 9.77. The molecule has 0 aliphatic carbocycles. The summed E-state index contributed by atoms with van der Waals surface area (Å²) in [5.74, 6) is 0.472. The molecule has 5 nitrogen and oxygen atoms in total. The van der Waals surface area contributed by atoms with Gasteiger partial charge in [-0.3, -0.25) is 19.7 Å². The zero-order valence-corrected chi connectivity index (χ0v) is 16.6. The highest BCUT2D eigenvalue weighted by atomic mass is 16.2. The molecule has 1 aliphatic rings. The Balaban J connectivity index is 1.66. The van der Waals surface area contributed by atoms with Gasteiger partial charge in [-0.2, -0.15) is 0 Å². The van der Waals surface area contributed by atoms with E-state index < -0.39 is 5.41 Å². The smallest absolute Gasteiger partial charge is 0.225 e. The fourth-order valence-corrected chi connectivity index (χ4v) is 3.52. The van der Waals surface area contributed by atoms with E-state index in [4.69, 9.17) is 0 Å². The Hall–Kier alpha value is -2.27. The predicted molar refractivity (Wildman–Crippen MR) is 107 cm³/mol. The van der Waals surface area contributed by atoms with Gasteiger partial charge in [0.15, 0.2) is 0 Å². The number of amides is 1. The summed E-state index contributed by atoms with van der Waals surface area (Å²) in [6.45, 7) is 8.76. The molecule has 5 heteroatoms. The third kappa shape index (κ3) is 5.36. The van der Waals surface area contributed by atoms with Crippen molar-refractivity contribution in [2.45, 2.75) is 46.2 Å². The number of rotatable bonds is 5. The molecule has 0 spiro atoms. The van der Waals surface area contributed by atoms with Gasteiger partial charge in [-0.05, 0) is 56.1 Å². The van der Waals surface area contributed by atoms with Crippen LogP contribution in [0.15, 0.2) is 48.8 Å². The first kappa shape index (κ1) is 19.5. The first-order valence-corrected chi connectivity index (χ1v) is 9.77. The number of pyridine rings is 2. The van der Waals surface area contributed by atoms with Crippen molar-refractivity contribution in [3.63, 3.8) is 0 Å². The quantitative estimate of drug-likeness (QED) is 0.878. The van der Waals surface area contributed by atoms with Crippen molar-refractivity contribution in [3.05, 3.63) is 60.2 Å². The molecule has 0 aromatic carbocycles. The van der Waals surface area contributed by atoms with Gasteiger partial charge in [0, 0.05) is 24.4 Å². The zero-order valence-electron chi connectivity index (χ0n) is 16.6. The molecule has 0 unspecified atom stereocenters. The SMILES string of the molecule is CC(C)(C)C(=O)N[C@H](c1ccccn1)C1CCN(Cc2ccccn2)CC1. The van der Waals surface area contributed by atoms with Crippen LogP contribution in [0.25, 0.3) is 0 Å². The van der Waals surface area contributed by atoms with E-state index in [-0.39, 0.29) is 11.9 Å². The van der Waals surface area contributed by atoms with Crippen molar-refractivity contribution in [2.75, 3.05) is 13.1 Å². The molecule has 1 atom stereocenters. The molecule has 3 heterocycles. The van der Waals surface area contributed by atoms with Crippen LogP contribution in [0.5, 0.6) is 0 Å². The lowest BCUT2D eigenvalue weighted by molar-refractivity contribution is -0.129. The molecular formula is C22H30N4O. The van der Waals surface area contributed by atoms with Gasteiger partial charge in [0.05, 0.1) is 17.4 Å². The molecule has 144 valence electrons. The average Bonchev–Trinajstić information content (AvgIpc) is 2.67. The van der Waals surface area contributed by atoms with Crippen LogP contribution in [0.3, 0.4) is 0 Å². The lowest BCUT2D eigenvalue weighted by Gasteiger charge is -2.37. The van der Waals surface area contributed by atoms with Crippen LogP contribution < -0.4 is 5.32 Å². The van der Waals surface area contributed by atoms with Crippen molar-refractivity contribution in [1.82, 2.24) is 20.2 Å². The highest BCUT2D eigenvalue weighted by molar-refractivity contribution is 5.81. The minimum atomic E-state index is -0.410. The molecule has 1 saturated heterocycles. The number of nitrogens with zero attached hydrogens (tertiary/aromatic N) is 3. The van der Waals surface area contributed by atoms with Crippen LogP contribution in [0.4, 0.5) is 0 Å².